The molecule has 11 nitrogen and oxygen atoms in total. The zero-order valence-electron chi connectivity index (χ0n) is 37.6. The van der Waals surface area contributed by atoms with E-state index in [0.29, 0.717) is 12.8 Å². The fourth-order valence-electron chi connectivity index (χ4n) is 6.74. The van der Waals surface area contributed by atoms with E-state index >= 15 is 0 Å². The number of amides is 1. The SMILES string of the molecule is CCCC/C=C\C/C=C\CCCCCCCC(=O)NC(COP(=O)(O)OCC(O)COC(=O)CCCCCCCCCCCCCCCCCCCCCCC)C(=O)O. The Labute approximate surface area is 359 Å². The zero-order chi connectivity index (χ0) is 43.5. The van der Waals surface area contributed by atoms with Gasteiger partial charge in [-0.15, -0.1) is 0 Å². The first kappa shape index (κ1) is 57.0. The molecule has 0 aliphatic rings. The summed E-state index contributed by atoms with van der Waals surface area (Å²) in [5.41, 5.74) is 0. The first-order valence-corrected chi connectivity index (χ1v) is 25.4. The number of unbranched alkanes of at least 4 members (excludes halogenated alkanes) is 27. The van der Waals surface area contributed by atoms with Crippen molar-refractivity contribution in [1.82, 2.24) is 5.32 Å². The Morgan fingerprint density at radius 2 is 0.949 bits per heavy atom. The first-order chi connectivity index (χ1) is 28.6. The Hall–Kier alpha value is -2.04. The minimum Gasteiger partial charge on any atom is -0.480 e. The van der Waals surface area contributed by atoms with Crippen LogP contribution < -0.4 is 5.32 Å². The van der Waals surface area contributed by atoms with Crippen LogP contribution in [0.25, 0.3) is 0 Å². The molecule has 0 radical (unpaired) electrons. The molecule has 0 bridgehead atoms. The van der Waals surface area contributed by atoms with E-state index in [4.69, 9.17) is 13.8 Å². The molecule has 0 aliphatic heterocycles. The van der Waals surface area contributed by atoms with Gasteiger partial charge in [-0.2, -0.15) is 0 Å². The highest BCUT2D eigenvalue weighted by Gasteiger charge is 2.28. The number of phosphoric acid groups is 1. The summed E-state index contributed by atoms with van der Waals surface area (Å²) in [4.78, 5) is 46.0. The second-order valence-corrected chi connectivity index (χ2v) is 17.8. The van der Waals surface area contributed by atoms with E-state index in [1.807, 2.05) is 0 Å². The van der Waals surface area contributed by atoms with Crippen LogP contribution in [0.2, 0.25) is 0 Å². The van der Waals surface area contributed by atoms with Crippen molar-refractivity contribution in [3.05, 3.63) is 24.3 Å². The van der Waals surface area contributed by atoms with Gasteiger partial charge in [-0.3, -0.25) is 18.6 Å². The molecular weight excluding hydrogens is 769 g/mol. The van der Waals surface area contributed by atoms with Gasteiger partial charge in [0.25, 0.3) is 0 Å². The molecule has 4 N–H and O–H groups in total. The Bertz CT molecular complexity index is 1100. The lowest BCUT2D eigenvalue weighted by atomic mass is 10.0. The molecule has 0 saturated heterocycles. The maximum atomic E-state index is 12.3. The van der Waals surface area contributed by atoms with Crippen LogP contribution in [0.4, 0.5) is 0 Å². The van der Waals surface area contributed by atoms with Gasteiger partial charge in [0.2, 0.25) is 5.91 Å². The van der Waals surface area contributed by atoms with Crippen LogP contribution in [-0.2, 0) is 32.7 Å². The van der Waals surface area contributed by atoms with Crippen LogP contribution in [0.1, 0.15) is 226 Å². The van der Waals surface area contributed by atoms with Gasteiger partial charge in [0, 0.05) is 12.8 Å². The minimum absolute atomic E-state index is 0.131. The lowest BCUT2D eigenvalue weighted by Crippen LogP contribution is -2.43. The predicted molar refractivity (Wildman–Crippen MR) is 240 cm³/mol. The van der Waals surface area contributed by atoms with Gasteiger partial charge in [-0.05, 0) is 38.5 Å². The number of aliphatic hydroxyl groups is 1. The molecule has 59 heavy (non-hydrogen) atoms. The number of ether oxygens (including phenoxy) is 1. The first-order valence-electron chi connectivity index (χ1n) is 23.9. The second kappa shape index (κ2) is 42.6. The number of carbonyl (C=O) groups excluding carboxylic acids is 2. The van der Waals surface area contributed by atoms with E-state index in [9.17, 15) is 34.1 Å². The van der Waals surface area contributed by atoms with E-state index in [1.54, 1.807) is 0 Å². The van der Waals surface area contributed by atoms with Gasteiger partial charge < -0.3 is 25.2 Å². The van der Waals surface area contributed by atoms with Crippen molar-refractivity contribution in [3.63, 3.8) is 0 Å². The summed E-state index contributed by atoms with van der Waals surface area (Å²) in [7, 11) is -4.76. The number of rotatable bonds is 45. The van der Waals surface area contributed by atoms with Crippen molar-refractivity contribution >= 4 is 25.7 Å². The van der Waals surface area contributed by atoms with E-state index in [-0.39, 0.29) is 12.8 Å². The highest BCUT2D eigenvalue weighted by Crippen LogP contribution is 2.43. The number of allylic oxidation sites excluding steroid dienone is 4. The molecular formula is C47H88NO10P. The highest BCUT2D eigenvalue weighted by atomic mass is 31.2. The normalized spacial score (nSPS) is 13.8. The minimum atomic E-state index is -4.76. The number of carbonyl (C=O) groups is 3. The Balaban J connectivity index is 3.81. The maximum Gasteiger partial charge on any atom is 0.472 e. The monoisotopic (exact) mass is 858 g/mol. The fraction of sp³-hybridized carbons (Fsp3) is 0.851. The van der Waals surface area contributed by atoms with Crippen molar-refractivity contribution in [1.29, 1.82) is 0 Å². The van der Waals surface area contributed by atoms with Crippen LogP contribution in [-0.4, -0.2) is 64.9 Å². The van der Waals surface area contributed by atoms with Gasteiger partial charge in [0.05, 0.1) is 13.2 Å². The van der Waals surface area contributed by atoms with E-state index in [2.05, 4.69) is 43.5 Å². The molecule has 0 saturated carbocycles. The number of esters is 1. The van der Waals surface area contributed by atoms with E-state index in [0.717, 1.165) is 64.2 Å². The summed E-state index contributed by atoms with van der Waals surface area (Å²) in [6.45, 7) is 2.57. The van der Waals surface area contributed by atoms with Crippen LogP contribution in [0.15, 0.2) is 24.3 Å². The summed E-state index contributed by atoms with van der Waals surface area (Å²) in [6.07, 6.45) is 44.9. The van der Waals surface area contributed by atoms with Gasteiger partial charge >= 0.3 is 19.8 Å². The molecule has 0 spiro atoms. The molecule has 3 atom stereocenters. The standard InChI is InChI=1S/C47H88NO10P/c1-3-5-7-9-11-13-15-17-19-20-21-22-23-24-25-27-29-31-33-35-37-39-46(51)56-40-43(49)41-57-59(54,55)58-42-44(47(52)53)48-45(50)38-36-34-32-30-28-26-18-16-14-12-10-8-6-4-2/h10,12,16,18,43-44,49H,3-9,11,13-15,17,19-42H2,1-2H3,(H,48,50)(H,52,53)(H,54,55)/b12-10-,18-16-. The van der Waals surface area contributed by atoms with Crippen LogP contribution in [0.5, 0.6) is 0 Å². The molecule has 0 fully saturated rings. The maximum absolute atomic E-state index is 12.3. The largest absolute Gasteiger partial charge is 0.480 e. The number of phosphoric ester groups is 1. The van der Waals surface area contributed by atoms with Gasteiger partial charge in [0.1, 0.15) is 12.7 Å². The van der Waals surface area contributed by atoms with E-state index < -0.39 is 57.6 Å². The lowest BCUT2D eigenvalue weighted by Gasteiger charge is -2.18. The third kappa shape index (κ3) is 42.4. The van der Waals surface area contributed by atoms with Gasteiger partial charge in [-0.1, -0.05) is 199 Å². The molecule has 3 unspecified atom stereocenters. The lowest BCUT2D eigenvalue weighted by molar-refractivity contribution is -0.147. The van der Waals surface area contributed by atoms with Crippen molar-refractivity contribution in [2.24, 2.45) is 0 Å². The Morgan fingerprint density at radius 3 is 1.42 bits per heavy atom. The second-order valence-electron chi connectivity index (χ2n) is 16.3. The summed E-state index contributed by atoms with van der Waals surface area (Å²) in [6, 6.07) is -1.55. The molecule has 0 rings (SSSR count). The fourth-order valence-corrected chi connectivity index (χ4v) is 7.52. The van der Waals surface area contributed by atoms with Crippen molar-refractivity contribution < 1.29 is 47.8 Å². The number of carboxylic acids is 1. The molecule has 1 amide bonds. The molecule has 0 heterocycles. The number of carboxylic acid groups (broad SMARTS) is 1. The summed E-state index contributed by atoms with van der Waals surface area (Å²) in [5.74, 6) is -2.38. The number of aliphatic hydroxyl groups excluding tert-OH is 1. The van der Waals surface area contributed by atoms with Crippen molar-refractivity contribution in [2.75, 3.05) is 19.8 Å². The zero-order valence-corrected chi connectivity index (χ0v) is 38.5. The predicted octanol–water partition coefficient (Wildman–Crippen LogP) is 12.6. The average molecular weight is 858 g/mol. The third-order valence-corrected chi connectivity index (χ3v) is 11.4. The average Bonchev–Trinajstić information content (AvgIpc) is 3.21. The summed E-state index contributed by atoms with van der Waals surface area (Å²) < 4.78 is 26.9. The smallest absolute Gasteiger partial charge is 0.472 e. The molecule has 0 aromatic carbocycles. The van der Waals surface area contributed by atoms with Crippen LogP contribution >= 0.6 is 7.82 Å². The highest BCUT2D eigenvalue weighted by molar-refractivity contribution is 7.47. The number of hydrogen-bond donors (Lipinski definition) is 4. The van der Waals surface area contributed by atoms with Crippen LogP contribution in [0, 0.1) is 0 Å². The number of aliphatic carboxylic acids is 1. The number of hydrogen-bond acceptors (Lipinski definition) is 8. The van der Waals surface area contributed by atoms with Gasteiger partial charge in [0.15, 0.2) is 6.04 Å². The van der Waals surface area contributed by atoms with E-state index in [1.165, 1.54) is 122 Å². The Morgan fingerprint density at radius 1 is 0.542 bits per heavy atom. The molecule has 0 aromatic heterocycles. The topological polar surface area (TPSA) is 169 Å². The van der Waals surface area contributed by atoms with Crippen molar-refractivity contribution in [2.45, 2.75) is 238 Å². The van der Waals surface area contributed by atoms with Gasteiger partial charge in [-0.25, -0.2) is 9.36 Å². The molecule has 0 aliphatic carbocycles. The molecule has 0 aromatic rings. The number of nitrogens with one attached hydrogen (secondary N) is 1. The quantitative estimate of drug-likeness (QED) is 0.0200. The van der Waals surface area contributed by atoms with Crippen molar-refractivity contribution in [3.8, 4) is 0 Å². The molecule has 346 valence electrons. The molecule has 12 heteroatoms. The summed E-state index contributed by atoms with van der Waals surface area (Å²) >= 11 is 0. The third-order valence-electron chi connectivity index (χ3n) is 10.5. The summed E-state index contributed by atoms with van der Waals surface area (Å²) in [5, 5.41) is 21.8. The van der Waals surface area contributed by atoms with Crippen LogP contribution in [0.3, 0.4) is 0 Å². The Kier molecular flexibility index (Phi) is 41.2.